The Bertz CT molecular complexity index is 299. The molecule has 1 rings (SSSR count). The van der Waals surface area contributed by atoms with Crippen LogP contribution < -0.4 is 0 Å². The molecular weight excluding hydrogens is 232 g/mol. The predicted octanol–water partition coefficient (Wildman–Crippen LogP) is 0.897. The Morgan fingerprint density at radius 2 is 1.94 bits per heavy atom. The van der Waals surface area contributed by atoms with Crippen LogP contribution in [0.5, 0.6) is 0 Å². The van der Waals surface area contributed by atoms with Gasteiger partial charge in [0.15, 0.2) is 0 Å². The van der Waals surface area contributed by atoms with Gasteiger partial charge in [0.05, 0.1) is 6.42 Å². The van der Waals surface area contributed by atoms with Crippen molar-refractivity contribution in [3.8, 4) is 0 Å². The minimum atomic E-state index is -0.913. The summed E-state index contributed by atoms with van der Waals surface area (Å²) in [6.45, 7) is 4.59. The predicted molar refractivity (Wildman–Crippen MR) is 69.3 cm³/mol. The number of rotatable bonds is 5. The van der Waals surface area contributed by atoms with E-state index in [1.54, 1.807) is 18.9 Å². The largest absolute Gasteiger partial charge is 0.481 e. The van der Waals surface area contributed by atoms with E-state index in [0.29, 0.717) is 5.92 Å². The number of piperidine rings is 1. The Hall–Kier alpha value is -1.10. The average molecular weight is 256 g/mol. The third kappa shape index (κ3) is 4.64. The first-order valence-electron chi connectivity index (χ1n) is 6.55. The van der Waals surface area contributed by atoms with Crippen LogP contribution in [0.25, 0.3) is 0 Å². The van der Waals surface area contributed by atoms with Crippen LogP contribution in [0.1, 0.15) is 26.2 Å². The van der Waals surface area contributed by atoms with Gasteiger partial charge in [0.1, 0.15) is 0 Å². The second-order valence-corrected chi connectivity index (χ2v) is 5.46. The number of amides is 1. The highest BCUT2D eigenvalue weighted by atomic mass is 16.4. The maximum atomic E-state index is 12.0. The molecule has 1 heterocycles. The molecule has 18 heavy (non-hydrogen) atoms. The lowest BCUT2D eigenvalue weighted by atomic mass is 9.96. The first-order valence-corrected chi connectivity index (χ1v) is 6.55. The molecule has 104 valence electrons. The number of nitrogens with zero attached hydrogens (tertiary/aromatic N) is 2. The van der Waals surface area contributed by atoms with Crippen LogP contribution in [-0.4, -0.2) is 60.5 Å². The van der Waals surface area contributed by atoms with Gasteiger partial charge >= 0.3 is 5.97 Å². The lowest BCUT2D eigenvalue weighted by molar-refractivity contribution is -0.143. The van der Waals surface area contributed by atoms with Gasteiger partial charge in [-0.15, -0.1) is 0 Å². The monoisotopic (exact) mass is 256 g/mol. The highest BCUT2D eigenvalue weighted by molar-refractivity contribution is 5.82. The van der Waals surface area contributed by atoms with Crippen LogP contribution in [0.3, 0.4) is 0 Å². The topological polar surface area (TPSA) is 60.9 Å². The van der Waals surface area contributed by atoms with Crippen LogP contribution in [0.4, 0.5) is 0 Å². The summed E-state index contributed by atoms with van der Waals surface area (Å²) in [5, 5.41) is 8.69. The van der Waals surface area contributed by atoms with Crippen molar-refractivity contribution in [2.45, 2.75) is 26.2 Å². The van der Waals surface area contributed by atoms with Crippen molar-refractivity contribution in [2.24, 2.45) is 11.8 Å². The summed E-state index contributed by atoms with van der Waals surface area (Å²) < 4.78 is 0. The molecule has 0 aromatic heterocycles. The number of carbonyl (C=O) groups excluding carboxylic acids is 1. The smallest absolute Gasteiger partial charge is 0.304 e. The fraction of sp³-hybridized carbons (Fsp3) is 0.846. The van der Waals surface area contributed by atoms with E-state index < -0.39 is 11.9 Å². The molecule has 5 heteroatoms. The molecule has 1 atom stereocenters. The zero-order chi connectivity index (χ0) is 13.7. The molecule has 0 aliphatic carbocycles. The second kappa shape index (κ2) is 6.73. The molecule has 1 N–H and O–H groups in total. The van der Waals surface area contributed by atoms with Gasteiger partial charge in [-0.25, -0.2) is 0 Å². The van der Waals surface area contributed by atoms with E-state index >= 15 is 0 Å². The summed E-state index contributed by atoms with van der Waals surface area (Å²) in [7, 11) is 3.89. The van der Waals surface area contributed by atoms with Gasteiger partial charge in [0, 0.05) is 19.5 Å². The maximum Gasteiger partial charge on any atom is 0.304 e. The van der Waals surface area contributed by atoms with Crippen LogP contribution in [0.15, 0.2) is 0 Å². The fourth-order valence-corrected chi connectivity index (χ4v) is 2.45. The average Bonchev–Trinajstić information content (AvgIpc) is 2.30. The van der Waals surface area contributed by atoms with Gasteiger partial charge < -0.3 is 14.9 Å². The van der Waals surface area contributed by atoms with E-state index in [1.807, 2.05) is 0 Å². The Morgan fingerprint density at radius 1 is 1.39 bits per heavy atom. The molecule has 1 aliphatic heterocycles. The quantitative estimate of drug-likeness (QED) is 0.794. The fourth-order valence-electron chi connectivity index (χ4n) is 2.45. The van der Waals surface area contributed by atoms with E-state index in [-0.39, 0.29) is 12.3 Å². The lowest BCUT2D eigenvalue weighted by Crippen LogP contribution is -2.40. The molecule has 1 fully saturated rings. The van der Waals surface area contributed by atoms with Crippen LogP contribution in [0, 0.1) is 11.8 Å². The Labute approximate surface area is 109 Å². The Kier molecular flexibility index (Phi) is 5.59. The molecule has 1 amide bonds. The maximum absolute atomic E-state index is 12.0. The van der Waals surface area contributed by atoms with Gasteiger partial charge in [0.25, 0.3) is 0 Å². The van der Waals surface area contributed by atoms with Crippen molar-refractivity contribution in [3.63, 3.8) is 0 Å². The number of carboxylic acids is 1. The summed E-state index contributed by atoms with van der Waals surface area (Å²) in [4.78, 5) is 26.6. The number of likely N-dealkylation sites (tertiary alicyclic amines) is 1. The summed E-state index contributed by atoms with van der Waals surface area (Å²) in [5.41, 5.74) is 0. The summed E-state index contributed by atoms with van der Waals surface area (Å²) >= 11 is 0. The third-order valence-corrected chi connectivity index (χ3v) is 3.65. The van der Waals surface area contributed by atoms with Gasteiger partial charge in [-0.3, -0.25) is 9.59 Å². The zero-order valence-corrected chi connectivity index (χ0v) is 11.6. The van der Waals surface area contributed by atoms with Gasteiger partial charge in [0.2, 0.25) is 5.91 Å². The molecule has 0 saturated carbocycles. The Morgan fingerprint density at radius 3 is 2.44 bits per heavy atom. The van der Waals surface area contributed by atoms with Crippen molar-refractivity contribution in [1.82, 2.24) is 9.80 Å². The number of hydrogen-bond acceptors (Lipinski definition) is 3. The second-order valence-electron chi connectivity index (χ2n) is 5.46. The standard InChI is InChI=1S/C13H24N2O3/c1-10(8-12(16)17)13(18)15(3)9-11-4-6-14(2)7-5-11/h10-11H,4-9H2,1-3H3,(H,16,17). The normalized spacial score (nSPS) is 19.5. The lowest BCUT2D eigenvalue weighted by Gasteiger charge is -2.32. The van der Waals surface area contributed by atoms with Gasteiger partial charge in [-0.2, -0.15) is 0 Å². The summed E-state index contributed by atoms with van der Waals surface area (Å²) in [5.74, 6) is -0.856. The minimum Gasteiger partial charge on any atom is -0.481 e. The number of aliphatic carboxylic acids is 1. The van der Waals surface area contributed by atoms with E-state index in [0.717, 1.165) is 32.5 Å². The number of carboxylic acid groups (broad SMARTS) is 1. The van der Waals surface area contributed by atoms with Crippen LogP contribution in [-0.2, 0) is 9.59 Å². The molecule has 0 radical (unpaired) electrons. The van der Waals surface area contributed by atoms with Crippen molar-refractivity contribution in [3.05, 3.63) is 0 Å². The molecule has 0 aromatic carbocycles. The van der Waals surface area contributed by atoms with Crippen molar-refractivity contribution < 1.29 is 14.7 Å². The highest BCUT2D eigenvalue weighted by Gasteiger charge is 2.24. The first-order chi connectivity index (χ1) is 8.40. The Balaban J connectivity index is 2.37. The van der Waals surface area contributed by atoms with Crippen LogP contribution >= 0.6 is 0 Å². The first kappa shape index (κ1) is 15.0. The number of carbonyl (C=O) groups is 2. The molecule has 1 aliphatic rings. The summed E-state index contributed by atoms with van der Waals surface area (Å²) in [6, 6.07) is 0. The van der Waals surface area contributed by atoms with Crippen molar-refractivity contribution in [2.75, 3.05) is 33.7 Å². The van der Waals surface area contributed by atoms with Crippen molar-refractivity contribution >= 4 is 11.9 Å². The zero-order valence-electron chi connectivity index (χ0n) is 11.6. The van der Waals surface area contributed by atoms with E-state index in [9.17, 15) is 9.59 Å². The molecular formula is C13H24N2O3. The molecule has 0 bridgehead atoms. The molecule has 0 spiro atoms. The van der Waals surface area contributed by atoms with E-state index in [4.69, 9.17) is 5.11 Å². The van der Waals surface area contributed by atoms with Gasteiger partial charge in [-0.05, 0) is 38.9 Å². The third-order valence-electron chi connectivity index (χ3n) is 3.65. The molecule has 1 saturated heterocycles. The van der Waals surface area contributed by atoms with Crippen molar-refractivity contribution in [1.29, 1.82) is 0 Å². The van der Waals surface area contributed by atoms with Crippen LogP contribution in [0.2, 0.25) is 0 Å². The number of hydrogen-bond donors (Lipinski definition) is 1. The highest BCUT2D eigenvalue weighted by Crippen LogP contribution is 2.18. The van der Waals surface area contributed by atoms with E-state index in [1.165, 1.54) is 0 Å². The summed E-state index contributed by atoms with van der Waals surface area (Å²) in [6.07, 6.45) is 2.14. The van der Waals surface area contributed by atoms with E-state index in [2.05, 4.69) is 11.9 Å². The molecule has 0 aromatic rings. The SMILES string of the molecule is CC(CC(=O)O)C(=O)N(C)CC1CCN(C)CC1. The van der Waals surface area contributed by atoms with Gasteiger partial charge in [-0.1, -0.05) is 6.92 Å². The minimum absolute atomic E-state index is 0.0590. The molecule has 1 unspecified atom stereocenters. The molecule has 5 nitrogen and oxygen atoms in total.